The molecule has 6 heteroatoms. The fourth-order valence-electron chi connectivity index (χ4n) is 3.46. The molecule has 29 heavy (non-hydrogen) atoms. The van der Waals surface area contributed by atoms with Crippen LogP contribution in [0.2, 0.25) is 0 Å². The standard InChI is InChI=1S/C23H18N4O2/c24-15-18-7-1-3-9-19(18)26-22(28)17-11-12-25-20(14-17)23(29)27-13-5-8-16-6-2-4-10-21(16)27/h1-4,6-7,9-12,14H,5,8,13H2,(H,26,28). The van der Waals surface area contributed by atoms with Crippen molar-refractivity contribution in [3.8, 4) is 6.07 Å². The number of nitriles is 1. The molecule has 4 rings (SSSR count). The van der Waals surface area contributed by atoms with Crippen molar-refractivity contribution in [2.24, 2.45) is 0 Å². The van der Waals surface area contributed by atoms with Gasteiger partial charge in [0.05, 0.1) is 11.3 Å². The summed E-state index contributed by atoms with van der Waals surface area (Å²) in [5.41, 5.74) is 3.34. The van der Waals surface area contributed by atoms with E-state index in [9.17, 15) is 14.9 Å². The molecule has 1 aliphatic heterocycles. The number of nitrogens with zero attached hydrogens (tertiary/aromatic N) is 3. The molecule has 2 heterocycles. The van der Waals surface area contributed by atoms with Gasteiger partial charge in [-0.25, -0.2) is 0 Å². The van der Waals surface area contributed by atoms with Gasteiger partial charge in [0.2, 0.25) is 0 Å². The fraction of sp³-hybridized carbons (Fsp3) is 0.130. The molecule has 0 radical (unpaired) electrons. The number of pyridine rings is 1. The lowest BCUT2D eigenvalue weighted by atomic mass is 10.0. The van der Waals surface area contributed by atoms with E-state index >= 15 is 0 Å². The number of benzene rings is 2. The predicted octanol–water partition coefficient (Wildman–Crippen LogP) is 3.80. The lowest BCUT2D eigenvalue weighted by Gasteiger charge is -2.29. The monoisotopic (exact) mass is 382 g/mol. The van der Waals surface area contributed by atoms with Crippen LogP contribution in [0.5, 0.6) is 0 Å². The molecule has 142 valence electrons. The summed E-state index contributed by atoms with van der Waals surface area (Å²) in [6.45, 7) is 0.615. The molecule has 6 nitrogen and oxygen atoms in total. The number of nitrogens with one attached hydrogen (secondary N) is 1. The minimum atomic E-state index is -0.400. The zero-order valence-corrected chi connectivity index (χ0v) is 15.6. The van der Waals surface area contributed by atoms with Crippen LogP contribution in [0.25, 0.3) is 0 Å². The zero-order chi connectivity index (χ0) is 20.2. The molecule has 0 unspecified atom stereocenters. The second kappa shape index (κ2) is 7.95. The van der Waals surface area contributed by atoms with Gasteiger partial charge in [0.15, 0.2) is 0 Å². The van der Waals surface area contributed by atoms with Gasteiger partial charge in [-0.05, 0) is 48.7 Å². The van der Waals surface area contributed by atoms with Crippen LogP contribution in [0.4, 0.5) is 11.4 Å². The quantitative estimate of drug-likeness (QED) is 0.746. The first-order valence-corrected chi connectivity index (χ1v) is 9.33. The van der Waals surface area contributed by atoms with Gasteiger partial charge in [-0.3, -0.25) is 14.6 Å². The van der Waals surface area contributed by atoms with Crippen LogP contribution in [0.15, 0.2) is 66.9 Å². The van der Waals surface area contributed by atoms with Gasteiger partial charge >= 0.3 is 0 Å². The first-order valence-electron chi connectivity index (χ1n) is 9.33. The van der Waals surface area contributed by atoms with Crippen LogP contribution in [-0.2, 0) is 6.42 Å². The highest BCUT2D eigenvalue weighted by molar-refractivity contribution is 6.09. The molecule has 2 aromatic carbocycles. The molecule has 0 bridgehead atoms. The van der Waals surface area contributed by atoms with Crippen LogP contribution in [-0.4, -0.2) is 23.3 Å². The van der Waals surface area contributed by atoms with Gasteiger partial charge in [0.25, 0.3) is 11.8 Å². The van der Waals surface area contributed by atoms with Crippen LogP contribution >= 0.6 is 0 Å². The van der Waals surface area contributed by atoms with Crippen LogP contribution in [0, 0.1) is 11.3 Å². The summed E-state index contributed by atoms with van der Waals surface area (Å²) in [6, 6.07) is 19.7. The molecule has 0 saturated heterocycles. The van der Waals surface area contributed by atoms with Crippen LogP contribution < -0.4 is 10.2 Å². The molecule has 3 aromatic rings. The van der Waals surface area contributed by atoms with E-state index in [-0.39, 0.29) is 11.6 Å². The summed E-state index contributed by atoms with van der Waals surface area (Å²) < 4.78 is 0. The number of aromatic nitrogens is 1. The number of anilines is 2. The molecule has 0 saturated carbocycles. The Morgan fingerprint density at radius 3 is 2.72 bits per heavy atom. The Kier molecular flexibility index (Phi) is 5.04. The van der Waals surface area contributed by atoms with Crippen molar-refractivity contribution in [2.45, 2.75) is 12.8 Å². The lowest BCUT2D eigenvalue weighted by Crippen LogP contribution is -2.36. The summed E-state index contributed by atoms with van der Waals surface area (Å²) in [5, 5.41) is 11.9. The van der Waals surface area contributed by atoms with E-state index in [1.165, 1.54) is 12.3 Å². The summed E-state index contributed by atoms with van der Waals surface area (Å²) >= 11 is 0. The summed E-state index contributed by atoms with van der Waals surface area (Å²) in [4.78, 5) is 31.6. The minimum Gasteiger partial charge on any atom is -0.321 e. The average molecular weight is 382 g/mol. The van der Waals surface area contributed by atoms with Crippen molar-refractivity contribution in [2.75, 3.05) is 16.8 Å². The largest absolute Gasteiger partial charge is 0.321 e. The normalized spacial score (nSPS) is 12.6. The zero-order valence-electron chi connectivity index (χ0n) is 15.6. The van der Waals surface area contributed by atoms with Crippen LogP contribution in [0.1, 0.15) is 38.4 Å². The third kappa shape index (κ3) is 3.71. The number of hydrogen-bond acceptors (Lipinski definition) is 4. The average Bonchev–Trinajstić information content (AvgIpc) is 2.78. The minimum absolute atomic E-state index is 0.211. The maximum atomic E-state index is 13.1. The van der Waals surface area contributed by atoms with E-state index in [0.717, 1.165) is 24.1 Å². The Hall–Kier alpha value is -3.98. The second-order valence-corrected chi connectivity index (χ2v) is 6.73. The summed E-state index contributed by atoms with van der Waals surface area (Å²) in [5.74, 6) is -0.632. The number of rotatable bonds is 3. The SMILES string of the molecule is N#Cc1ccccc1NC(=O)c1ccnc(C(=O)N2CCCc3ccccc32)c1. The highest BCUT2D eigenvalue weighted by atomic mass is 16.2. The summed E-state index contributed by atoms with van der Waals surface area (Å²) in [7, 11) is 0. The molecule has 0 aliphatic carbocycles. The molecule has 0 atom stereocenters. The molecule has 2 amide bonds. The number of amides is 2. The van der Waals surface area contributed by atoms with E-state index < -0.39 is 5.91 Å². The number of aryl methyl sites for hydroxylation is 1. The van der Waals surface area contributed by atoms with Crippen molar-refractivity contribution >= 4 is 23.2 Å². The molecule has 1 aliphatic rings. The van der Waals surface area contributed by atoms with Gasteiger partial charge in [0.1, 0.15) is 11.8 Å². The molecule has 1 N–H and O–H groups in total. The lowest BCUT2D eigenvalue weighted by molar-refractivity contribution is 0.0980. The molecular formula is C23H18N4O2. The maximum Gasteiger partial charge on any atom is 0.276 e. The smallest absolute Gasteiger partial charge is 0.276 e. The first-order chi connectivity index (χ1) is 14.2. The molecular weight excluding hydrogens is 364 g/mol. The Labute approximate surface area is 168 Å². The number of hydrogen-bond donors (Lipinski definition) is 1. The Morgan fingerprint density at radius 1 is 1.07 bits per heavy atom. The number of fused-ring (bicyclic) bond motifs is 1. The predicted molar refractivity (Wildman–Crippen MR) is 110 cm³/mol. The van der Waals surface area contributed by atoms with Gasteiger partial charge < -0.3 is 10.2 Å². The number of carbonyl (C=O) groups is 2. The Balaban J connectivity index is 1.59. The van der Waals surface area contributed by atoms with Gasteiger partial charge in [0, 0.05) is 24.0 Å². The summed E-state index contributed by atoms with van der Waals surface area (Å²) in [6.07, 6.45) is 3.27. The van der Waals surface area contributed by atoms with E-state index in [2.05, 4.69) is 10.3 Å². The Morgan fingerprint density at radius 2 is 1.86 bits per heavy atom. The van der Waals surface area contributed by atoms with E-state index in [0.29, 0.717) is 23.4 Å². The maximum absolute atomic E-state index is 13.1. The van der Waals surface area contributed by atoms with E-state index in [4.69, 9.17) is 0 Å². The van der Waals surface area contributed by atoms with Gasteiger partial charge in [-0.2, -0.15) is 5.26 Å². The van der Waals surface area contributed by atoms with Gasteiger partial charge in [-0.15, -0.1) is 0 Å². The van der Waals surface area contributed by atoms with Crippen LogP contribution in [0.3, 0.4) is 0 Å². The topological polar surface area (TPSA) is 86.1 Å². The third-order valence-electron chi connectivity index (χ3n) is 4.89. The van der Waals surface area contributed by atoms with E-state index in [1.807, 2.05) is 30.3 Å². The third-order valence-corrected chi connectivity index (χ3v) is 4.89. The van der Waals surface area contributed by atoms with Crippen molar-refractivity contribution in [1.29, 1.82) is 5.26 Å². The number of para-hydroxylation sites is 2. The fourth-order valence-corrected chi connectivity index (χ4v) is 3.46. The molecule has 1 aromatic heterocycles. The Bertz CT molecular complexity index is 1130. The van der Waals surface area contributed by atoms with E-state index in [1.54, 1.807) is 35.2 Å². The second-order valence-electron chi connectivity index (χ2n) is 6.73. The highest BCUT2D eigenvalue weighted by Gasteiger charge is 2.24. The molecule has 0 spiro atoms. The van der Waals surface area contributed by atoms with Crippen molar-refractivity contribution in [3.63, 3.8) is 0 Å². The van der Waals surface area contributed by atoms with Crippen molar-refractivity contribution < 1.29 is 9.59 Å². The van der Waals surface area contributed by atoms with Gasteiger partial charge in [-0.1, -0.05) is 30.3 Å². The van der Waals surface area contributed by atoms with Crippen molar-refractivity contribution in [3.05, 3.63) is 89.2 Å². The number of carbonyl (C=O) groups excluding carboxylic acids is 2. The van der Waals surface area contributed by atoms with Crippen molar-refractivity contribution in [1.82, 2.24) is 4.98 Å². The highest BCUT2D eigenvalue weighted by Crippen LogP contribution is 2.28. The first kappa shape index (κ1) is 18.4. The molecule has 0 fully saturated rings.